The number of aromatic amines is 1. The maximum atomic E-state index is 4.25. The lowest BCUT2D eigenvalue weighted by atomic mass is 10.2. The van der Waals surface area contributed by atoms with Crippen molar-refractivity contribution in [3.05, 3.63) is 17.8 Å². The molecule has 2 aromatic heterocycles. The van der Waals surface area contributed by atoms with Crippen LogP contribution in [0.25, 0.3) is 11.2 Å². The molecule has 2 aromatic rings. The molecule has 0 spiro atoms. The van der Waals surface area contributed by atoms with Crippen molar-refractivity contribution in [1.82, 2.24) is 19.9 Å². The molecule has 1 N–H and O–H groups in total. The molecule has 4 heteroatoms. The smallest absolute Gasteiger partial charge is 0.181 e. The van der Waals surface area contributed by atoms with E-state index in [1.165, 1.54) is 0 Å². The third-order valence-corrected chi connectivity index (χ3v) is 1.97. The van der Waals surface area contributed by atoms with Crippen molar-refractivity contribution in [3.63, 3.8) is 0 Å². The molecule has 2 rings (SSSR count). The monoisotopic (exact) mass is 176 g/mol. The molecule has 0 unspecified atom stereocenters. The summed E-state index contributed by atoms with van der Waals surface area (Å²) in [6.45, 7) is 4.06. The van der Waals surface area contributed by atoms with E-state index in [1.54, 1.807) is 6.33 Å². The number of imidazole rings is 1. The molecule has 0 aromatic carbocycles. The van der Waals surface area contributed by atoms with Crippen molar-refractivity contribution in [2.45, 2.75) is 26.7 Å². The molecule has 0 atom stereocenters. The Balaban J connectivity index is 2.60. The van der Waals surface area contributed by atoms with Gasteiger partial charge in [0.1, 0.15) is 17.7 Å². The molecule has 0 aliphatic heterocycles. The van der Waals surface area contributed by atoms with Gasteiger partial charge in [0.15, 0.2) is 5.65 Å². The minimum absolute atomic E-state index is 0.774. The predicted molar refractivity (Wildman–Crippen MR) is 50.4 cm³/mol. The first kappa shape index (κ1) is 8.16. The summed E-state index contributed by atoms with van der Waals surface area (Å²) in [5.74, 6) is 0.896. The summed E-state index contributed by atoms with van der Waals surface area (Å²) in [6.07, 6.45) is 3.64. The van der Waals surface area contributed by atoms with Crippen molar-refractivity contribution < 1.29 is 0 Å². The van der Waals surface area contributed by atoms with Crippen LogP contribution >= 0.6 is 0 Å². The standard InChI is InChI=1S/C9H12N4/c1-3-4-7-8-9(11-5-10-7)13-6(2)12-8/h5H,3-4H2,1-2H3,(H,10,11,12,13). The molecule has 0 saturated heterocycles. The third kappa shape index (κ3) is 1.39. The zero-order valence-electron chi connectivity index (χ0n) is 7.83. The number of nitrogens with one attached hydrogen (secondary N) is 1. The highest BCUT2D eigenvalue weighted by Crippen LogP contribution is 2.12. The molecule has 68 valence electrons. The maximum absolute atomic E-state index is 4.25. The molecular formula is C9H12N4. The van der Waals surface area contributed by atoms with Gasteiger partial charge in [0.05, 0.1) is 5.69 Å². The number of hydrogen-bond donors (Lipinski definition) is 1. The van der Waals surface area contributed by atoms with Crippen LogP contribution in [-0.4, -0.2) is 19.9 Å². The second-order valence-electron chi connectivity index (χ2n) is 3.09. The lowest BCUT2D eigenvalue weighted by molar-refractivity contribution is 0.883. The van der Waals surface area contributed by atoms with E-state index >= 15 is 0 Å². The van der Waals surface area contributed by atoms with E-state index in [9.17, 15) is 0 Å². The topological polar surface area (TPSA) is 54.5 Å². The maximum Gasteiger partial charge on any atom is 0.181 e. The highest BCUT2D eigenvalue weighted by Gasteiger charge is 2.05. The first-order valence-electron chi connectivity index (χ1n) is 4.47. The van der Waals surface area contributed by atoms with Gasteiger partial charge < -0.3 is 4.98 Å². The Morgan fingerprint density at radius 2 is 2.23 bits per heavy atom. The Morgan fingerprint density at radius 1 is 1.38 bits per heavy atom. The van der Waals surface area contributed by atoms with Crippen LogP contribution in [0.1, 0.15) is 24.9 Å². The van der Waals surface area contributed by atoms with E-state index in [2.05, 4.69) is 26.9 Å². The van der Waals surface area contributed by atoms with Crippen LogP contribution in [-0.2, 0) is 6.42 Å². The number of rotatable bonds is 2. The number of nitrogens with zero attached hydrogens (tertiary/aromatic N) is 3. The van der Waals surface area contributed by atoms with E-state index < -0.39 is 0 Å². The third-order valence-electron chi connectivity index (χ3n) is 1.97. The van der Waals surface area contributed by atoms with Crippen molar-refractivity contribution in [2.75, 3.05) is 0 Å². The fourth-order valence-corrected chi connectivity index (χ4v) is 1.42. The summed E-state index contributed by atoms with van der Waals surface area (Å²) < 4.78 is 0. The fraction of sp³-hybridized carbons (Fsp3) is 0.444. The zero-order valence-corrected chi connectivity index (χ0v) is 7.83. The van der Waals surface area contributed by atoms with Gasteiger partial charge in [-0.3, -0.25) is 0 Å². The van der Waals surface area contributed by atoms with E-state index in [1.807, 2.05) is 6.92 Å². The van der Waals surface area contributed by atoms with Gasteiger partial charge in [-0.15, -0.1) is 0 Å². The number of fused-ring (bicyclic) bond motifs is 1. The quantitative estimate of drug-likeness (QED) is 0.756. The summed E-state index contributed by atoms with van der Waals surface area (Å²) in [5, 5.41) is 0. The zero-order chi connectivity index (χ0) is 9.26. The summed E-state index contributed by atoms with van der Waals surface area (Å²) in [7, 11) is 0. The number of H-pyrrole nitrogens is 1. The lowest BCUT2D eigenvalue weighted by Crippen LogP contribution is -1.92. The summed E-state index contributed by atoms with van der Waals surface area (Å²) in [6, 6.07) is 0. The second kappa shape index (κ2) is 3.12. The second-order valence-corrected chi connectivity index (χ2v) is 3.09. The van der Waals surface area contributed by atoms with Gasteiger partial charge >= 0.3 is 0 Å². The van der Waals surface area contributed by atoms with Crippen LogP contribution in [0.4, 0.5) is 0 Å². The molecule has 0 radical (unpaired) electrons. The SMILES string of the molecule is CCCc1ncnc2nc(C)[nH]c12. The molecule has 0 saturated carbocycles. The fourth-order valence-electron chi connectivity index (χ4n) is 1.42. The van der Waals surface area contributed by atoms with Crippen molar-refractivity contribution in [1.29, 1.82) is 0 Å². The van der Waals surface area contributed by atoms with Crippen LogP contribution in [0.5, 0.6) is 0 Å². The van der Waals surface area contributed by atoms with Crippen LogP contribution < -0.4 is 0 Å². The van der Waals surface area contributed by atoms with Gasteiger partial charge in [0, 0.05) is 0 Å². The predicted octanol–water partition coefficient (Wildman–Crippen LogP) is 1.61. The largest absolute Gasteiger partial charge is 0.339 e. The van der Waals surface area contributed by atoms with Gasteiger partial charge in [0.25, 0.3) is 0 Å². The Bertz CT molecular complexity index is 418. The van der Waals surface area contributed by atoms with E-state index in [-0.39, 0.29) is 0 Å². The van der Waals surface area contributed by atoms with Gasteiger partial charge in [-0.25, -0.2) is 15.0 Å². The van der Waals surface area contributed by atoms with Crippen molar-refractivity contribution in [3.8, 4) is 0 Å². The summed E-state index contributed by atoms with van der Waals surface area (Å²) in [5.41, 5.74) is 2.82. The Morgan fingerprint density at radius 3 is 3.00 bits per heavy atom. The first-order valence-corrected chi connectivity index (χ1v) is 4.47. The van der Waals surface area contributed by atoms with Gasteiger partial charge in [-0.05, 0) is 13.3 Å². The molecule has 0 bridgehead atoms. The Labute approximate surface area is 76.4 Å². The Hall–Kier alpha value is -1.45. The summed E-state index contributed by atoms with van der Waals surface area (Å²) >= 11 is 0. The highest BCUT2D eigenvalue weighted by molar-refractivity contribution is 5.72. The van der Waals surface area contributed by atoms with Crippen molar-refractivity contribution >= 4 is 11.2 Å². The lowest BCUT2D eigenvalue weighted by Gasteiger charge is -1.96. The molecule has 0 aliphatic rings. The van der Waals surface area contributed by atoms with Gasteiger partial charge in [0.2, 0.25) is 0 Å². The van der Waals surface area contributed by atoms with E-state index in [0.717, 1.165) is 35.5 Å². The van der Waals surface area contributed by atoms with Crippen LogP contribution in [0.3, 0.4) is 0 Å². The van der Waals surface area contributed by atoms with Crippen LogP contribution in [0.15, 0.2) is 6.33 Å². The number of aryl methyl sites for hydroxylation is 2. The molecule has 0 amide bonds. The van der Waals surface area contributed by atoms with Crippen LogP contribution in [0, 0.1) is 6.92 Å². The minimum Gasteiger partial charge on any atom is -0.339 e. The number of hydrogen-bond acceptors (Lipinski definition) is 3. The average Bonchev–Trinajstić information content (AvgIpc) is 2.47. The molecular weight excluding hydrogens is 164 g/mol. The minimum atomic E-state index is 0.774. The first-order chi connectivity index (χ1) is 6.31. The Kier molecular flexibility index (Phi) is 1.96. The van der Waals surface area contributed by atoms with Gasteiger partial charge in [-0.1, -0.05) is 13.3 Å². The van der Waals surface area contributed by atoms with Crippen LogP contribution in [0.2, 0.25) is 0 Å². The normalized spacial score (nSPS) is 10.9. The van der Waals surface area contributed by atoms with Gasteiger partial charge in [-0.2, -0.15) is 0 Å². The van der Waals surface area contributed by atoms with E-state index in [4.69, 9.17) is 0 Å². The van der Waals surface area contributed by atoms with Crippen molar-refractivity contribution in [2.24, 2.45) is 0 Å². The molecule has 0 fully saturated rings. The summed E-state index contributed by atoms with van der Waals surface area (Å²) in [4.78, 5) is 15.7. The molecule has 13 heavy (non-hydrogen) atoms. The highest BCUT2D eigenvalue weighted by atomic mass is 15.0. The molecule has 2 heterocycles. The molecule has 4 nitrogen and oxygen atoms in total. The molecule has 0 aliphatic carbocycles. The van der Waals surface area contributed by atoms with E-state index in [0.29, 0.717) is 0 Å². The average molecular weight is 176 g/mol. The number of aromatic nitrogens is 4.